The molecule has 0 saturated carbocycles. The van der Waals surface area contributed by atoms with Crippen LogP contribution < -0.4 is 34.3 Å². The van der Waals surface area contributed by atoms with Crippen LogP contribution in [0.25, 0.3) is 0 Å². The molecule has 2 heterocycles. The Morgan fingerprint density at radius 3 is 2.04 bits per heavy atom. The van der Waals surface area contributed by atoms with Crippen molar-refractivity contribution >= 4 is 17.3 Å². The maximum absolute atomic E-state index is 12.8. The van der Waals surface area contributed by atoms with Crippen LogP contribution in [0.5, 0.6) is 28.7 Å². The first-order valence-corrected chi connectivity index (χ1v) is 17.5. The van der Waals surface area contributed by atoms with E-state index >= 15 is 0 Å². The summed E-state index contributed by atoms with van der Waals surface area (Å²) in [5, 5.41) is 50.0. The topological polar surface area (TPSA) is 190 Å². The van der Waals surface area contributed by atoms with Gasteiger partial charge in [0.2, 0.25) is 5.75 Å². The summed E-state index contributed by atoms with van der Waals surface area (Å²) in [5.74, 6) is 2.31. The van der Waals surface area contributed by atoms with Crippen LogP contribution in [0.3, 0.4) is 0 Å². The maximum atomic E-state index is 12.8. The molecule has 14 heteroatoms. The molecule has 0 saturated heterocycles. The lowest BCUT2D eigenvalue weighted by molar-refractivity contribution is 0.0852. The molecule has 14 nitrogen and oxygen atoms in total. The highest BCUT2D eigenvalue weighted by atomic mass is 16.6. The Morgan fingerprint density at radius 2 is 1.41 bits per heavy atom. The number of nitrogens with zero attached hydrogens (tertiary/aromatic N) is 1. The van der Waals surface area contributed by atoms with E-state index in [4.69, 9.17) is 28.5 Å². The molecular weight excluding hydrogens is 698 g/mol. The molecule has 0 spiro atoms. The number of ether oxygens (including phenoxy) is 5. The van der Waals surface area contributed by atoms with Crippen LogP contribution in [-0.2, 0) is 31.3 Å². The summed E-state index contributed by atoms with van der Waals surface area (Å²) in [4.78, 5) is 18.6. The highest BCUT2D eigenvalue weighted by molar-refractivity contribution is 6.02. The Labute approximate surface area is 312 Å². The summed E-state index contributed by atoms with van der Waals surface area (Å²) in [6.07, 6.45) is 0.818. The number of hydrogen-bond donors (Lipinski definition) is 6. The standard InChI is InChI=1S/C40H45N3O11/c1-49-29-7-8-32-30(17-29)40(48)42-39(41-32)23-6-9-34(28(12-23)21-46)52-10-4-5-11-53-38-36(50-2)15-25(16-37(38)51-3)35-18-33(43-54-35)24-13-26(19-44)31(22-47)27(14-24)20-45/h6-9,12-17,35,39,41,44-47H,4-5,10-11,18-22H2,1-3H3,(H,42,48). The first-order valence-electron chi connectivity index (χ1n) is 17.5. The number of benzene rings is 4. The van der Waals surface area contributed by atoms with Gasteiger partial charge >= 0.3 is 0 Å². The Bertz CT molecular complexity index is 1950. The molecule has 0 radical (unpaired) electrons. The van der Waals surface area contributed by atoms with Crippen LogP contribution in [0, 0.1) is 0 Å². The third-order valence-electron chi connectivity index (χ3n) is 9.47. The van der Waals surface area contributed by atoms with Crippen molar-refractivity contribution in [1.82, 2.24) is 5.32 Å². The van der Waals surface area contributed by atoms with Gasteiger partial charge in [-0.05, 0) is 89.7 Å². The fourth-order valence-electron chi connectivity index (χ4n) is 6.54. The van der Waals surface area contributed by atoms with Gasteiger partial charge in [-0.15, -0.1) is 0 Å². The largest absolute Gasteiger partial charge is 0.497 e. The minimum Gasteiger partial charge on any atom is -0.497 e. The second-order valence-electron chi connectivity index (χ2n) is 12.7. The van der Waals surface area contributed by atoms with Gasteiger partial charge in [-0.3, -0.25) is 4.79 Å². The summed E-state index contributed by atoms with van der Waals surface area (Å²) >= 11 is 0. The van der Waals surface area contributed by atoms with Crippen molar-refractivity contribution in [2.45, 2.75) is 58.0 Å². The summed E-state index contributed by atoms with van der Waals surface area (Å²) < 4.78 is 28.7. The maximum Gasteiger partial charge on any atom is 0.255 e. The van der Waals surface area contributed by atoms with Crippen molar-refractivity contribution in [2.75, 3.05) is 39.9 Å². The molecule has 6 rings (SSSR count). The quantitative estimate of drug-likeness (QED) is 0.0824. The molecule has 1 amide bonds. The van der Waals surface area contributed by atoms with Crippen LogP contribution >= 0.6 is 0 Å². The predicted octanol–water partition coefficient (Wildman–Crippen LogP) is 4.64. The van der Waals surface area contributed by atoms with Crippen LogP contribution in [0.1, 0.15) is 80.8 Å². The highest BCUT2D eigenvalue weighted by Gasteiger charge is 2.29. The number of aliphatic hydroxyl groups is 4. The SMILES string of the molecule is COc1ccc2c(c1)C(=O)NC(c1ccc(OCCCCOc3c(OC)cc(C4CC(c5cc(CO)c(CO)c(CO)c5)=NO4)cc3OC)c(CO)c1)N2. The van der Waals surface area contributed by atoms with Crippen molar-refractivity contribution in [2.24, 2.45) is 5.16 Å². The summed E-state index contributed by atoms with van der Waals surface area (Å²) in [6, 6.07) is 17.9. The highest BCUT2D eigenvalue weighted by Crippen LogP contribution is 2.43. The molecule has 2 atom stereocenters. The Hall–Kier alpha value is -5.54. The molecule has 286 valence electrons. The van der Waals surface area contributed by atoms with E-state index in [2.05, 4.69) is 15.8 Å². The van der Waals surface area contributed by atoms with Gasteiger partial charge in [-0.25, -0.2) is 0 Å². The van der Waals surface area contributed by atoms with Crippen molar-refractivity contribution in [3.63, 3.8) is 0 Å². The van der Waals surface area contributed by atoms with E-state index in [0.29, 0.717) is 106 Å². The number of hydrogen-bond acceptors (Lipinski definition) is 13. The van der Waals surface area contributed by atoms with Gasteiger partial charge in [0.05, 0.1) is 72.2 Å². The number of rotatable bonds is 17. The first-order chi connectivity index (χ1) is 26.3. The van der Waals surface area contributed by atoms with Gasteiger partial charge < -0.3 is 59.6 Å². The molecule has 2 aliphatic rings. The Kier molecular flexibility index (Phi) is 12.4. The molecule has 0 aliphatic carbocycles. The van der Waals surface area contributed by atoms with E-state index in [0.717, 1.165) is 11.1 Å². The smallest absolute Gasteiger partial charge is 0.255 e. The minimum absolute atomic E-state index is 0.224. The van der Waals surface area contributed by atoms with Crippen LogP contribution in [0.15, 0.2) is 65.8 Å². The second kappa shape index (κ2) is 17.5. The third kappa shape index (κ3) is 8.16. The van der Waals surface area contributed by atoms with Gasteiger partial charge in [0.25, 0.3) is 5.91 Å². The lowest BCUT2D eigenvalue weighted by atomic mass is 9.93. The number of methoxy groups -OCH3 is 3. The predicted molar refractivity (Wildman–Crippen MR) is 198 cm³/mol. The van der Waals surface area contributed by atoms with E-state index in [1.165, 1.54) is 0 Å². The molecule has 54 heavy (non-hydrogen) atoms. The number of unbranched alkanes of at least 4 members (excludes halogenated alkanes) is 1. The van der Waals surface area contributed by atoms with Gasteiger partial charge in [-0.2, -0.15) is 0 Å². The van der Waals surface area contributed by atoms with Crippen LogP contribution in [0.4, 0.5) is 5.69 Å². The average Bonchev–Trinajstić information content (AvgIpc) is 3.71. The Morgan fingerprint density at radius 1 is 0.722 bits per heavy atom. The second-order valence-corrected chi connectivity index (χ2v) is 12.7. The number of nitrogens with one attached hydrogen (secondary N) is 2. The van der Waals surface area contributed by atoms with Crippen LogP contribution in [0.2, 0.25) is 0 Å². The molecule has 0 bridgehead atoms. The van der Waals surface area contributed by atoms with Gasteiger partial charge in [0, 0.05) is 28.8 Å². The lowest BCUT2D eigenvalue weighted by Gasteiger charge is -2.29. The number of amides is 1. The Balaban J connectivity index is 1.02. The van der Waals surface area contributed by atoms with E-state index in [9.17, 15) is 25.2 Å². The number of fused-ring (bicyclic) bond motifs is 1. The van der Waals surface area contributed by atoms with Crippen molar-refractivity contribution < 1.29 is 53.7 Å². The van der Waals surface area contributed by atoms with Gasteiger partial charge in [0.15, 0.2) is 17.6 Å². The van der Waals surface area contributed by atoms with E-state index in [1.54, 1.807) is 57.7 Å². The fraction of sp³-hybridized carbons (Fsp3) is 0.350. The number of aliphatic hydroxyl groups excluding tert-OH is 4. The monoisotopic (exact) mass is 743 g/mol. The van der Waals surface area contributed by atoms with Crippen LogP contribution in [-0.4, -0.2) is 66.6 Å². The minimum atomic E-state index is -0.479. The normalized spacial score (nSPS) is 16.1. The number of anilines is 1. The summed E-state index contributed by atoms with van der Waals surface area (Å²) in [5.41, 5.74) is 6.19. The number of oxime groups is 1. The van der Waals surface area contributed by atoms with Crippen molar-refractivity contribution in [3.05, 3.63) is 105 Å². The molecule has 6 N–H and O–H groups in total. The third-order valence-corrected chi connectivity index (χ3v) is 9.47. The van der Waals surface area contributed by atoms with E-state index < -0.39 is 12.3 Å². The van der Waals surface area contributed by atoms with E-state index in [-0.39, 0.29) is 32.3 Å². The fourth-order valence-corrected chi connectivity index (χ4v) is 6.54. The van der Waals surface area contributed by atoms with Gasteiger partial charge in [0.1, 0.15) is 17.7 Å². The molecule has 2 aliphatic heterocycles. The van der Waals surface area contributed by atoms with E-state index in [1.807, 2.05) is 24.3 Å². The first kappa shape index (κ1) is 38.2. The molecule has 4 aromatic carbocycles. The lowest BCUT2D eigenvalue weighted by Crippen LogP contribution is -2.38. The summed E-state index contributed by atoms with van der Waals surface area (Å²) in [7, 11) is 4.64. The average molecular weight is 744 g/mol. The molecule has 2 unspecified atom stereocenters. The molecule has 0 fully saturated rings. The number of carbonyl (C=O) groups is 1. The van der Waals surface area contributed by atoms with Crippen molar-refractivity contribution in [3.8, 4) is 28.7 Å². The zero-order valence-corrected chi connectivity index (χ0v) is 30.4. The summed E-state index contributed by atoms with van der Waals surface area (Å²) in [6.45, 7) is -0.354. The zero-order chi connectivity index (χ0) is 38.2. The van der Waals surface area contributed by atoms with Gasteiger partial charge in [-0.1, -0.05) is 11.2 Å². The zero-order valence-electron chi connectivity index (χ0n) is 30.4. The van der Waals surface area contributed by atoms with Crippen molar-refractivity contribution in [1.29, 1.82) is 0 Å². The molecule has 4 aromatic rings. The molecule has 0 aromatic heterocycles. The number of carbonyl (C=O) groups excluding carboxylic acids is 1. The molecular formula is C40H45N3O11.